The summed E-state index contributed by atoms with van der Waals surface area (Å²) in [4.78, 5) is 28.5. The summed E-state index contributed by atoms with van der Waals surface area (Å²) in [6.07, 6.45) is 0.833. The Morgan fingerprint density at radius 2 is 1.74 bits per heavy atom. The van der Waals surface area contributed by atoms with Crippen LogP contribution in [0.2, 0.25) is 0 Å². The van der Waals surface area contributed by atoms with Gasteiger partial charge in [-0.2, -0.15) is 0 Å². The minimum Gasteiger partial charge on any atom is -0.348 e. The maximum atomic E-state index is 12.3. The molecule has 0 saturated carbocycles. The lowest BCUT2D eigenvalue weighted by Gasteiger charge is -2.11. The molecule has 0 fully saturated rings. The molecule has 1 unspecified atom stereocenters. The zero-order valence-corrected chi connectivity index (χ0v) is 13.6. The van der Waals surface area contributed by atoms with Crippen molar-refractivity contribution in [3.63, 3.8) is 0 Å². The third-order valence-corrected chi connectivity index (χ3v) is 3.48. The van der Waals surface area contributed by atoms with Crippen LogP contribution in [-0.2, 0) is 0 Å². The SMILES string of the molecule is CCC(C)NC(=O)c1cccc(C(=O)Nc2cccc(C)c2)n1. The molecular formula is C18H21N3O2. The van der Waals surface area contributed by atoms with Gasteiger partial charge in [-0.15, -0.1) is 0 Å². The first kappa shape index (κ1) is 16.7. The minimum absolute atomic E-state index is 0.0640. The van der Waals surface area contributed by atoms with E-state index in [0.29, 0.717) is 5.69 Å². The van der Waals surface area contributed by atoms with Crippen molar-refractivity contribution in [2.45, 2.75) is 33.2 Å². The van der Waals surface area contributed by atoms with Crippen LogP contribution in [0.5, 0.6) is 0 Å². The van der Waals surface area contributed by atoms with E-state index >= 15 is 0 Å². The number of carbonyl (C=O) groups is 2. The second-order valence-corrected chi connectivity index (χ2v) is 5.51. The quantitative estimate of drug-likeness (QED) is 0.891. The van der Waals surface area contributed by atoms with Crippen LogP contribution in [-0.4, -0.2) is 22.8 Å². The van der Waals surface area contributed by atoms with Crippen molar-refractivity contribution < 1.29 is 9.59 Å². The van der Waals surface area contributed by atoms with Gasteiger partial charge in [0.2, 0.25) is 0 Å². The molecule has 5 nitrogen and oxygen atoms in total. The number of rotatable bonds is 5. The molecule has 5 heteroatoms. The number of pyridine rings is 1. The Balaban J connectivity index is 2.12. The number of carbonyl (C=O) groups excluding carboxylic acids is 2. The van der Waals surface area contributed by atoms with Gasteiger partial charge in [-0.3, -0.25) is 9.59 Å². The van der Waals surface area contributed by atoms with Gasteiger partial charge in [0, 0.05) is 11.7 Å². The van der Waals surface area contributed by atoms with Gasteiger partial charge in [-0.1, -0.05) is 25.1 Å². The summed E-state index contributed by atoms with van der Waals surface area (Å²) >= 11 is 0. The number of aromatic nitrogens is 1. The van der Waals surface area contributed by atoms with Crippen LogP contribution in [0, 0.1) is 6.92 Å². The van der Waals surface area contributed by atoms with Crippen LogP contribution in [0.1, 0.15) is 46.8 Å². The molecule has 2 rings (SSSR count). The maximum absolute atomic E-state index is 12.3. The van der Waals surface area contributed by atoms with E-state index in [1.165, 1.54) is 0 Å². The Kier molecular flexibility index (Phi) is 5.46. The molecule has 1 aromatic carbocycles. The Morgan fingerprint density at radius 3 is 2.39 bits per heavy atom. The van der Waals surface area contributed by atoms with Gasteiger partial charge in [0.05, 0.1) is 0 Å². The van der Waals surface area contributed by atoms with E-state index in [9.17, 15) is 9.59 Å². The lowest BCUT2D eigenvalue weighted by Crippen LogP contribution is -2.32. The fourth-order valence-corrected chi connectivity index (χ4v) is 2.01. The molecule has 2 amide bonds. The zero-order chi connectivity index (χ0) is 16.8. The van der Waals surface area contributed by atoms with Crippen LogP contribution in [0.25, 0.3) is 0 Å². The molecule has 1 atom stereocenters. The topological polar surface area (TPSA) is 71.1 Å². The number of hydrogen-bond acceptors (Lipinski definition) is 3. The first-order valence-electron chi connectivity index (χ1n) is 7.65. The standard InChI is InChI=1S/C18H21N3O2/c1-4-13(3)19-17(22)15-9-6-10-16(21-15)18(23)20-14-8-5-7-12(2)11-14/h5-11,13H,4H2,1-3H3,(H,19,22)(H,20,23). The molecule has 120 valence electrons. The molecule has 0 spiro atoms. The summed E-state index contributed by atoms with van der Waals surface area (Å²) in [6.45, 7) is 5.87. The normalized spacial score (nSPS) is 11.6. The van der Waals surface area contributed by atoms with E-state index in [1.807, 2.05) is 45.0 Å². The second kappa shape index (κ2) is 7.54. The molecule has 1 heterocycles. The molecule has 0 aliphatic rings. The average molecular weight is 311 g/mol. The monoisotopic (exact) mass is 311 g/mol. The average Bonchev–Trinajstić information content (AvgIpc) is 2.54. The van der Waals surface area contributed by atoms with Crippen molar-refractivity contribution in [2.24, 2.45) is 0 Å². The van der Waals surface area contributed by atoms with Crippen LogP contribution < -0.4 is 10.6 Å². The summed E-state index contributed by atoms with van der Waals surface area (Å²) in [5.41, 5.74) is 2.20. The summed E-state index contributed by atoms with van der Waals surface area (Å²) < 4.78 is 0. The fourth-order valence-electron chi connectivity index (χ4n) is 2.01. The van der Waals surface area contributed by atoms with E-state index in [0.717, 1.165) is 12.0 Å². The van der Waals surface area contributed by atoms with Gasteiger partial charge >= 0.3 is 0 Å². The number of benzene rings is 1. The number of aryl methyl sites for hydroxylation is 1. The number of hydrogen-bond donors (Lipinski definition) is 2. The number of nitrogens with zero attached hydrogens (tertiary/aromatic N) is 1. The summed E-state index contributed by atoms with van der Waals surface area (Å²) in [7, 11) is 0. The summed E-state index contributed by atoms with van der Waals surface area (Å²) in [6, 6.07) is 12.4. The Morgan fingerprint density at radius 1 is 1.09 bits per heavy atom. The molecule has 2 N–H and O–H groups in total. The number of nitrogens with one attached hydrogen (secondary N) is 2. The smallest absolute Gasteiger partial charge is 0.274 e. The van der Waals surface area contributed by atoms with Gasteiger partial charge in [0.15, 0.2) is 0 Å². The molecule has 23 heavy (non-hydrogen) atoms. The fraction of sp³-hybridized carbons (Fsp3) is 0.278. The van der Waals surface area contributed by atoms with Crippen LogP contribution in [0.15, 0.2) is 42.5 Å². The second-order valence-electron chi connectivity index (χ2n) is 5.51. The van der Waals surface area contributed by atoms with Crippen molar-refractivity contribution in [2.75, 3.05) is 5.32 Å². The maximum Gasteiger partial charge on any atom is 0.274 e. The van der Waals surface area contributed by atoms with Crippen molar-refractivity contribution >= 4 is 17.5 Å². The summed E-state index contributed by atoms with van der Waals surface area (Å²) in [5, 5.41) is 5.62. The van der Waals surface area contributed by atoms with Crippen LogP contribution in [0.3, 0.4) is 0 Å². The molecule has 2 aromatic rings. The minimum atomic E-state index is -0.339. The third-order valence-electron chi connectivity index (χ3n) is 3.48. The lowest BCUT2D eigenvalue weighted by molar-refractivity contribution is 0.0934. The van der Waals surface area contributed by atoms with Gasteiger partial charge in [-0.05, 0) is 50.1 Å². The molecule has 0 bridgehead atoms. The molecular weight excluding hydrogens is 290 g/mol. The van der Waals surface area contributed by atoms with E-state index < -0.39 is 0 Å². The number of anilines is 1. The van der Waals surface area contributed by atoms with Crippen LogP contribution in [0.4, 0.5) is 5.69 Å². The predicted molar refractivity (Wildman–Crippen MR) is 90.6 cm³/mol. The predicted octanol–water partition coefficient (Wildman–Crippen LogP) is 3.17. The Labute approximate surface area is 136 Å². The largest absolute Gasteiger partial charge is 0.348 e. The van der Waals surface area contributed by atoms with Crippen LogP contribution >= 0.6 is 0 Å². The lowest BCUT2D eigenvalue weighted by atomic mass is 10.2. The highest BCUT2D eigenvalue weighted by atomic mass is 16.2. The molecule has 0 radical (unpaired) electrons. The molecule has 1 aromatic heterocycles. The van der Waals surface area contributed by atoms with E-state index in [2.05, 4.69) is 15.6 Å². The highest BCUT2D eigenvalue weighted by molar-refractivity contribution is 6.03. The van der Waals surface area contributed by atoms with Gasteiger partial charge in [-0.25, -0.2) is 4.98 Å². The van der Waals surface area contributed by atoms with Crippen molar-refractivity contribution in [1.29, 1.82) is 0 Å². The third kappa shape index (κ3) is 4.64. The zero-order valence-electron chi connectivity index (χ0n) is 13.6. The highest BCUT2D eigenvalue weighted by Gasteiger charge is 2.13. The molecule has 0 aliphatic carbocycles. The van der Waals surface area contributed by atoms with Gasteiger partial charge in [0.1, 0.15) is 11.4 Å². The van der Waals surface area contributed by atoms with Crippen molar-refractivity contribution in [3.8, 4) is 0 Å². The van der Waals surface area contributed by atoms with E-state index in [4.69, 9.17) is 0 Å². The van der Waals surface area contributed by atoms with E-state index in [-0.39, 0.29) is 29.2 Å². The van der Waals surface area contributed by atoms with Crippen molar-refractivity contribution in [3.05, 3.63) is 59.4 Å². The Bertz CT molecular complexity index is 713. The number of amides is 2. The molecule has 0 aliphatic heterocycles. The highest BCUT2D eigenvalue weighted by Crippen LogP contribution is 2.11. The first-order chi connectivity index (χ1) is 11.0. The first-order valence-corrected chi connectivity index (χ1v) is 7.65. The summed E-state index contributed by atoms with van der Waals surface area (Å²) in [5.74, 6) is -0.613. The molecule has 0 saturated heterocycles. The van der Waals surface area contributed by atoms with Gasteiger partial charge in [0.25, 0.3) is 11.8 Å². The van der Waals surface area contributed by atoms with Crippen molar-refractivity contribution in [1.82, 2.24) is 10.3 Å². The van der Waals surface area contributed by atoms with Gasteiger partial charge < -0.3 is 10.6 Å². The Hall–Kier alpha value is -2.69. The van der Waals surface area contributed by atoms with E-state index in [1.54, 1.807) is 18.2 Å².